The molecular formula is C26H21N3O4. The summed E-state index contributed by atoms with van der Waals surface area (Å²) < 4.78 is 10.8. The molecule has 0 saturated carbocycles. The minimum absolute atomic E-state index is 0.148. The summed E-state index contributed by atoms with van der Waals surface area (Å²) in [6.07, 6.45) is 2.07. The first kappa shape index (κ1) is 20.6. The number of pyridine rings is 1. The van der Waals surface area contributed by atoms with Crippen molar-refractivity contribution in [1.82, 2.24) is 9.99 Å². The van der Waals surface area contributed by atoms with Gasteiger partial charge < -0.3 is 9.15 Å². The van der Waals surface area contributed by atoms with E-state index in [-0.39, 0.29) is 5.69 Å². The molecule has 7 nitrogen and oxygen atoms in total. The van der Waals surface area contributed by atoms with Gasteiger partial charge in [-0.15, -0.1) is 0 Å². The minimum Gasteiger partial charge on any atom is -0.467 e. The summed E-state index contributed by atoms with van der Waals surface area (Å²) in [6, 6.07) is 22.0. The van der Waals surface area contributed by atoms with E-state index in [1.807, 2.05) is 61.5 Å². The van der Waals surface area contributed by atoms with Crippen LogP contribution in [0.15, 0.2) is 88.6 Å². The third-order valence-corrected chi connectivity index (χ3v) is 5.56. The number of furan rings is 1. The van der Waals surface area contributed by atoms with Crippen molar-refractivity contribution in [2.75, 3.05) is 6.61 Å². The van der Waals surface area contributed by atoms with E-state index < -0.39 is 24.5 Å². The van der Waals surface area contributed by atoms with Crippen LogP contribution in [-0.2, 0) is 9.53 Å². The zero-order chi connectivity index (χ0) is 22.8. The smallest absolute Gasteiger partial charge is 0.357 e. The lowest BCUT2D eigenvalue weighted by Crippen LogP contribution is -2.31. The van der Waals surface area contributed by atoms with Crippen molar-refractivity contribution in [3.05, 3.63) is 102 Å². The zero-order valence-electron chi connectivity index (χ0n) is 18.0. The maximum Gasteiger partial charge on any atom is 0.357 e. The van der Waals surface area contributed by atoms with Crippen LogP contribution in [-0.4, -0.2) is 34.2 Å². The summed E-state index contributed by atoms with van der Waals surface area (Å²) in [5.41, 5.74) is 3.68. The van der Waals surface area contributed by atoms with Crippen LogP contribution in [0.4, 0.5) is 0 Å². The van der Waals surface area contributed by atoms with Crippen LogP contribution in [0.25, 0.3) is 10.9 Å². The molecule has 0 aliphatic carbocycles. The number of aryl methyl sites for hydroxylation is 1. The molecular weight excluding hydrogens is 418 g/mol. The second-order valence-electron chi connectivity index (χ2n) is 7.85. The Labute approximate surface area is 190 Å². The molecule has 0 bridgehead atoms. The Morgan fingerprint density at radius 2 is 1.85 bits per heavy atom. The van der Waals surface area contributed by atoms with Crippen molar-refractivity contribution >= 4 is 28.5 Å². The molecule has 164 valence electrons. The van der Waals surface area contributed by atoms with Gasteiger partial charge in [-0.2, -0.15) is 5.10 Å². The number of rotatable bonds is 5. The van der Waals surface area contributed by atoms with Gasteiger partial charge in [0.2, 0.25) is 0 Å². The quantitative estimate of drug-likeness (QED) is 0.422. The number of hydrogen-bond donors (Lipinski definition) is 0. The summed E-state index contributed by atoms with van der Waals surface area (Å²) in [7, 11) is 0. The lowest BCUT2D eigenvalue weighted by atomic mass is 10.0. The van der Waals surface area contributed by atoms with Gasteiger partial charge in [0.25, 0.3) is 5.91 Å². The number of hydrogen-bond acceptors (Lipinski definition) is 6. The molecule has 1 amide bonds. The van der Waals surface area contributed by atoms with Crippen LogP contribution in [0.2, 0.25) is 0 Å². The molecule has 1 atom stereocenters. The first-order valence-electron chi connectivity index (χ1n) is 10.6. The molecule has 4 aromatic rings. The third-order valence-electron chi connectivity index (χ3n) is 5.56. The van der Waals surface area contributed by atoms with Crippen molar-refractivity contribution in [3.8, 4) is 0 Å². The normalized spacial score (nSPS) is 15.5. The Morgan fingerprint density at radius 1 is 1.03 bits per heavy atom. The number of hydrazone groups is 1. The van der Waals surface area contributed by atoms with Crippen LogP contribution in [0.3, 0.4) is 0 Å². The molecule has 0 fully saturated rings. The standard InChI is InChI=1S/C26H21N3O4/c1-17-8-10-19(11-9-17)22-15-23(24-7-4-14-32-24)29(28-22)25(30)16-33-26(31)21-13-12-18-5-2-3-6-20(18)27-21/h2-14,23H,15-16H2,1H3. The molecule has 33 heavy (non-hydrogen) atoms. The van der Waals surface area contributed by atoms with Crippen LogP contribution >= 0.6 is 0 Å². The summed E-state index contributed by atoms with van der Waals surface area (Å²) in [5.74, 6) is -0.477. The highest BCUT2D eigenvalue weighted by Crippen LogP contribution is 2.33. The molecule has 2 aromatic heterocycles. The maximum atomic E-state index is 13.0. The van der Waals surface area contributed by atoms with E-state index >= 15 is 0 Å². The molecule has 1 unspecified atom stereocenters. The predicted octanol–water partition coefficient (Wildman–Crippen LogP) is 4.67. The highest BCUT2D eigenvalue weighted by Gasteiger charge is 2.35. The van der Waals surface area contributed by atoms with Gasteiger partial charge in [0.1, 0.15) is 17.5 Å². The van der Waals surface area contributed by atoms with Crippen LogP contribution in [0, 0.1) is 6.92 Å². The number of amides is 1. The van der Waals surface area contributed by atoms with E-state index in [2.05, 4.69) is 10.1 Å². The van der Waals surface area contributed by atoms with Crippen molar-refractivity contribution in [2.24, 2.45) is 5.10 Å². The van der Waals surface area contributed by atoms with Crippen molar-refractivity contribution in [2.45, 2.75) is 19.4 Å². The Balaban J connectivity index is 1.33. The van der Waals surface area contributed by atoms with Gasteiger partial charge in [0.15, 0.2) is 6.61 Å². The number of aromatic nitrogens is 1. The van der Waals surface area contributed by atoms with Crippen LogP contribution in [0.5, 0.6) is 0 Å². The molecule has 1 aliphatic heterocycles. The molecule has 0 saturated heterocycles. The van der Waals surface area contributed by atoms with Gasteiger partial charge >= 0.3 is 5.97 Å². The summed E-state index contributed by atoms with van der Waals surface area (Å²) >= 11 is 0. The Kier molecular flexibility index (Phi) is 5.44. The lowest BCUT2D eigenvalue weighted by Gasteiger charge is -2.19. The average Bonchev–Trinajstić information content (AvgIpc) is 3.53. The Hall–Kier alpha value is -4.26. The molecule has 3 heterocycles. The number of benzene rings is 2. The monoisotopic (exact) mass is 439 g/mol. The Bertz CT molecular complexity index is 1340. The summed E-state index contributed by atoms with van der Waals surface area (Å²) in [4.78, 5) is 29.9. The second-order valence-corrected chi connectivity index (χ2v) is 7.85. The van der Waals surface area contributed by atoms with E-state index in [0.29, 0.717) is 17.7 Å². The van der Waals surface area contributed by atoms with Crippen LogP contribution < -0.4 is 0 Å². The fourth-order valence-electron chi connectivity index (χ4n) is 3.81. The molecule has 2 aromatic carbocycles. The Morgan fingerprint density at radius 3 is 2.64 bits per heavy atom. The van der Waals surface area contributed by atoms with Gasteiger partial charge in [0.05, 0.1) is 17.5 Å². The summed E-state index contributed by atoms with van der Waals surface area (Å²) in [6.45, 7) is 1.57. The SMILES string of the molecule is Cc1ccc(C2=NN(C(=O)COC(=O)c3ccc4ccccc4n3)C(c3ccco3)C2)cc1. The number of carbonyl (C=O) groups is 2. The van der Waals surface area contributed by atoms with Crippen LogP contribution in [0.1, 0.15) is 39.8 Å². The molecule has 0 spiro atoms. The number of ether oxygens (including phenoxy) is 1. The first-order valence-corrected chi connectivity index (χ1v) is 10.6. The largest absolute Gasteiger partial charge is 0.467 e. The van der Waals surface area contributed by atoms with Crippen molar-refractivity contribution in [1.29, 1.82) is 0 Å². The number of para-hydroxylation sites is 1. The highest BCUT2D eigenvalue weighted by atomic mass is 16.5. The van der Waals surface area contributed by atoms with Crippen molar-refractivity contribution in [3.63, 3.8) is 0 Å². The van der Waals surface area contributed by atoms with E-state index in [0.717, 1.165) is 22.2 Å². The molecule has 0 radical (unpaired) electrons. The van der Waals surface area contributed by atoms with Crippen molar-refractivity contribution < 1.29 is 18.7 Å². The molecule has 0 N–H and O–H groups in total. The average molecular weight is 439 g/mol. The minimum atomic E-state index is -0.661. The van der Waals surface area contributed by atoms with Gasteiger partial charge in [-0.25, -0.2) is 14.8 Å². The predicted molar refractivity (Wildman–Crippen MR) is 123 cm³/mol. The zero-order valence-corrected chi connectivity index (χ0v) is 18.0. The molecule has 7 heteroatoms. The van der Waals surface area contributed by atoms with E-state index in [9.17, 15) is 9.59 Å². The van der Waals surface area contributed by atoms with Gasteiger partial charge in [-0.05, 0) is 36.8 Å². The van der Waals surface area contributed by atoms with Gasteiger partial charge in [0, 0.05) is 11.8 Å². The third kappa shape index (κ3) is 4.25. The highest BCUT2D eigenvalue weighted by molar-refractivity contribution is 6.03. The topological polar surface area (TPSA) is 85.0 Å². The number of carbonyl (C=O) groups excluding carboxylic acids is 2. The van der Waals surface area contributed by atoms with E-state index in [1.165, 1.54) is 5.01 Å². The second kappa shape index (κ2) is 8.70. The van der Waals surface area contributed by atoms with E-state index in [1.54, 1.807) is 24.5 Å². The van der Waals surface area contributed by atoms with Gasteiger partial charge in [-0.3, -0.25) is 4.79 Å². The maximum absolute atomic E-state index is 13.0. The van der Waals surface area contributed by atoms with E-state index in [4.69, 9.17) is 9.15 Å². The first-order chi connectivity index (χ1) is 16.1. The molecule has 1 aliphatic rings. The molecule has 5 rings (SSSR count). The lowest BCUT2D eigenvalue weighted by molar-refractivity contribution is -0.136. The van der Waals surface area contributed by atoms with Gasteiger partial charge in [-0.1, -0.05) is 54.1 Å². The summed E-state index contributed by atoms with van der Waals surface area (Å²) in [5, 5.41) is 6.81. The fraction of sp³-hybridized carbons (Fsp3) is 0.154. The number of esters is 1. The fourth-order valence-corrected chi connectivity index (χ4v) is 3.81. The number of fused-ring (bicyclic) bond motifs is 1. The number of nitrogens with zero attached hydrogens (tertiary/aromatic N) is 3.